The van der Waals surface area contributed by atoms with Crippen molar-refractivity contribution in [2.24, 2.45) is 0 Å². The fourth-order valence-corrected chi connectivity index (χ4v) is 2.03. The Kier molecular flexibility index (Phi) is 7.43. The lowest BCUT2D eigenvalue weighted by molar-refractivity contribution is 0.390. The minimum Gasteiger partial charge on any atom is -0.370 e. The maximum atomic E-state index is 4.65. The van der Waals surface area contributed by atoms with E-state index in [0.717, 1.165) is 55.4 Å². The highest BCUT2D eigenvalue weighted by Crippen LogP contribution is 2.21. The molecule has 0 saturated carbocycles. The third-order valence-corrected chi connectivity index (χ3v) is 3.44. The van der Waals surface area contributed by atoms with Crippen LogP contribution in [0.3, 0.4) is 0 Å². The monoisotopic (exact) mass is 293 g/mol. The van der Waals surface area contributed by atoms with Crippen molar-refractivity contribution in [2.75, 3.05) is 37.8 Å². The molecule has 0 saturated heterocycles. The Morgan fingerprint density at radius 2 is 1.81 bits per heavy atom. The van der Waals surface area contributed by atoms with E-state index in [-0.39, 0.29) is 0 Å². The maximum absolute atomic E-state index is 4.65. The third kappa shape index (κ3) is 5.87. The number of aromatic nitrogens is 2. The van der Waals surface area contributed by atoms with Crippen LogP contribution in [0.25, 0.3) is 0 Å². The first-order chi connectivity index (χ1) is 9.97. The van der Waals surface area contributed by atoms with E-state index in [1.54, 1.807) is 0 Å². The Balaban J connectivity index is 2.84. The van der Waals surface area contributed by atoms with E-state index < -0.39 is 0 Å². The number of nitrogens with one attached hydrogen (secondary N) is 2. The van der Waals surface area contributed by atoms with Crippen LogP contribution in [0.1, 0.15) is 45.0 Å². The minimum atomic E-state index is 0.393. The number of anilines is 2. The molecule has 1 aromatic rings. The molecule has 0 aliphatic carbocycles. The van der Waals surface area contributed by atoms with Crippen LogP contribution in [-0.2, 0) is 6.42 Å². The summed E-state index contributed by atoms with van der Waals surface area (Å²) in [6, 6.07) is 0.393. The smallest absolute Gasteiger partial charge is 0.134 e. The first-order valence-electron chi connectivity index (χ1n) is 8.00. The molecule has 21 heavy (non-hydrogen) atoms. The van der Waals surface area contributed by atoms with Crippen molar-refractivity contribution in [1.29, 1.82) is 0 Å². The van der Waals surface area contributed by atoms with E-state index in [1.165, 1.54) is 0 Å². The highest BCUT2D eigenvalue weighted by Gasteiger charge is 2.12. The van der Waals surface area contributed by atoms with E-state index in [2.05, 4.69) is 67.3 Å². The average molecular weight is 293 g/mol. The highest BCUT2D eigenvalue weighted by molar-refractivity contribution is 5.57. The average Bonchev–Trinajstić information content (AvgIpc) is 2.45. The summed E-state index contributed by atoms with van der Waals surface area (Å²) in [6.45, 7) is 10.5. The van der Waals surface area contributed by atoms with Crippen LogP contribution >= 0.6 is 0 Å². The van der Waals surface area contributed by atoms with Crippen molar-refractivity contribution in [1.82, 2.24) is 14.9 Å². The molecule has 0 amide bonds. The molecule has 0 radical (unpaired) electrons. The van der Waals surface area contributed by atoms with Crippen molar-refractivity contribution in [2.45, 2.75) is 53.0 Å². The van der Waals surface area contributed by atoms with E-state index in [4.69, 9.17) is 0 Å². The SMILES string of the molecule is CCCNc1nc(CC)nc(NC(C)CCN(C)C)c1C. The summed E-state index contributed by atoms with van der Waals surface area (Å²) in [4.78, 5) is 11.5. The molecule has 0 bridgehead atoms. The first kappa shape index (κ1) is 17.7. The van der Waals surface area contributed by atoms with Crippen molar-refractivity contribution in [3.8, 4) is 0 Å². The number of rotatable bonds is 9. The molecule has 0 spiro atoms. The molecule has 1 heterocycles. The fourth-order valence-electron chi connectivity index (χ4n) is 2.03. The molecule has 1 atom stereocenters. The van der Waals surface area contributed by atoms with E-state index >= 15 is 0 Å². The van der Waals surface area contributed by atoms with Crippen molar-refractivity contribution in [3.63, 3.8) is 0 Å². The molecule has 5 heteroatoms. The molecular weight excluding hydrogens is 262 g/mol. The number of aryl methyl sites for hydroxylation is 1. The number of hydrogen-bond donors (Lipinski definition) is 2. The molecule has 1 unspecified atom stereocenters. The predicted molar refractivity (Wildman–Crippen MR) is 91.2 cm³/mol. The number of nitrogens with zero attached hydrogens (tertiary/aromatic N) is 3. The van der Waals surface area contributed by atoms with Crippen LogP contribution in [-0.4, -0.2) is 48.1 Å². The second-order valence-corrected chi connectivity index (χ2v) is 5.88. The molecule has 0 aliphatic heterocycles. The van der Waals surface area contributed by atoms with Crippen molar-refractivity contribution in [3.05, 3.63) is 11.4 Å². The summed E-state index contributed by atoms with van der Waals surface area (Å²) in [5.74, 6) is 2.82. The lowest BCUT2D eigenvalue weighted by atomic mass is 10.2. The van der Waals surface area contributed by atoms with E-state index in [0.29, 0.717) is 6.04 Å². The number of hydrogen-bond acceptors (Lipinski definition) is 5. The predicted octanol–water partition coefficient (Wildman–Crippen LogP) is 2.92. The van der Waals surface area contributed by atoms with Gasteiger partial charge < -0.3 is 15.5 Å². The van der Waals surface area contributed by atoms with Crippen LogP contribution < -0.4 is 10.6 Å². The van der Waals surface area contributed by atoms with Crippen LogP contribution in [0.15, 0.2) is 0 Å². The van der Waals surface area contributed by atoms with Crippen LogP contribution in [0, 0.1) is 6.92 Å². The lowest BCUT2D eigenvalue weighted by Crippen LogP contribution is -2.24. The van der Waals surface area contributed by atoms with Gasteiger partial charge in [-0.1, -0.05) is 13.8 Å². The largest absolute Gasteiger partial charge is 0.370 e. The molecule has 120 valence electrons. The Labute approximate surface area is 129 Å². The van der Waals surface area contributed by atoms with Gasteiger partial charge >= 0.3 is 0 Å². The standard InChI is InChI=1S/C16H31N5/c1-7-10-17-15-13(4)16(20-14(8-2)19-15)18-12(3)9-11-21(5)6/h12H,7-11H2,1-6H3,(H2,17,18,19,20). The zero-order chi connectivity index (χ0) is 15.8. The Morgan fingerprint density at radius 3 is 2.38 bits per heavy atom. The lowest BCUT2D eigenvalue weighted by Gasteiger charge is -2.20. The second-order valence-electron chi connectivity index (χ2n) is 5.88. The molecule has 0 fully saturated rings. The van der Waals surface area contributed by atoms with Gasteiger partial charge in [0.15, 0.2) is 0 Å². The molecule has 0 aliphatic rings. The van der Waals surface area contributed by atoms with Crippen molar-refractivity contribution >= 4 is 11.6 Å². The normalized spacial score (nSPS) is 12.5. The summed E-state index contributed by atoms with van der Waals surface area (Å²) in [6.07, 6.45) is 3.03. The highest BCUT2D eigenvalue weighted by atomic mass is 15.1. The van der Waals surface area contributed by atoms with E-state index in [1.807, 2.05) is 0 Å². The quantitative estimate of drug-likeness (QED) is 0.733. The van der Waals surface area contributed by atoms with Gasteiger partial charge in [-0.25, -0.2) is 9.97 Å². The van der Waals surface area contributed by atoms with Crippen LogP contribution in [0.2, 0.25) is 0 Å². The minimum absolute atomic E-state index is 0.393. The molecule has 0 aromatic carbocycles. The van der Waals surface area contributed by atoms with Gasteiger partial charge in [-0.2, -0.15) is 0 Å². The molecular formula is C16H31N5. The molecule has 2 N–H and O–H groups in total. The maximum Gasteiger partial charge on any atom is 0.134 e. The summed E-state index contributed by atoms with van der Waals surface area (Å²) in [5.41, 5.74) is 1.11. The summed E-state index contributed by atoms with van der Waals surface area (Å²) < 4.78 is 0. The van der Waals surface area contributed by atoms with Crippen LogP contribution in [0.4, 0.5) is 11.6 Å². The molecule has 1 rings (SSSR count). The zero-order valence-electron chi connectivity index (χ0n) is 14.5. The van der Waals surface area contributed by atoms with Gasteiger partial charge in [0.25, 0.3) is 0 Å². The first-order valence-corrected chi connectivity index (χ1v) is 8.00. The fraction of sp³-hybridized carbons (Fsp3) is 0.750. The van der Waals surface area contributed by atoms with Gasteiger partial charge in [-0.05, 0) is 47.3 Å². The van der Waals surface area contributed by atoms with Gasteiger partial charge in [-0.15, -0.1) is 0 Å². The Bertz CT molecular complexity index is 431. The van der Waals surface area contributed by atoms with Crippen molar-refractivity contribution < 1.29 is 0 Å². The van der Waals surface area contributed by atoms with Gasteiger partial charge in [0.2, 0.25) is 0 Å². The summed E-state index contributed by atoms with van der Waals surface area (Å²) >= 11 is 0. The topological polar surface area (TPSA) is 53.1 Å². The molecule has 5 nitrogen and oxygen atoms in total. The second kappa shape index (κ2) is 8.82. The zero-order valence-corrected chi connectivity index (χ0v) is 14.5. The Morgan fingerprint density at radius 1 is 1.14 bits per heavy atom. The summed E-state index contributed by atoms with van der Waals surface area (Å²) in [7, 11) is 4.20. The molecule has 1 aromatic heterocycles. The van der Waals surface area contributed by atoms with E-state index in [9.17, 15) is 0 Å². The van der Waals surface area contributed by atoms with Gasteiger partial charge in [0.05, 0.1) is 0 Å². The third-order valence-electron chi connectivity index (χ3n) is 3.44. The summed E-state index contributed by atoms with van der Waals surface area (Å²) in [5, 5.41) is 6.94. The van der Waals surface area contributed by atoms with Gasteiger partial charge in [0.1, 0.15) is 17.5 Å². The Hall–Kier alpha value is -1.36. The van der Waals surface area contributed by atoms with Crippen LogP contribution in [0.5, 0.6) is 0 Å². The van der Waals surface area contributed by atoms with Gasteiger partial charge in [0, 0.05) is 24.6 Å². The van der Waals surface area contributed by atoms with Gasteiger partial charge in [-0.3, -0.25) is 0 Å².